The fraction of sp³-hybridized carbons (Fsp3) is 0.667. The number of rotatable bonds is 1. The van der Waals surface area contributed by atoms with Crippen LogP contribution in [0.15, 0.2) is 0 Å². The van der Waals surface area contributed by atoms with E-state index < -0.39 is 29.7 Å². The maximum atomic E-state index is 11.9. The number of carbonyl (C=O) groups excluding carboxylic acids is 2. The molecule has 2 unspecified atom stereocenters. The number of hydrogen-bond acceptors (Lipinski definition) is 3. The van der Waals surface area contributed by atoms with Crippen LogP contribution < -0.4 is 5.73 Å². The van der Waals surface area contributed by atoms with Crippen LogP contribution in [0.25, 0.3) is 0 Å². The lowest BCUT2D eigenvalue weighted by Crippen LogP contribution is -2.48. The van der Waals surface area contributed by atoms with Crippen molar-refractivity contribution >= 4 is 12.0 Å². The summed E-state index contributed by atoms with van der Waals surface area (Å²) in [6.45, 7) is 5.27. The number of likely N-dealkylation sites (tertiary alicyclic amines) is 1. The molecule has 0 aromatic heterocycles. The second-order valence-electron chi connectivity index (χ2n) is 5.07. The van der Waals surface area contributed by atoms with E-state index in [9.17, 15) is 9.59 Å². The molecule has 17 heavy (non-hydrogen) atoms. The second kappa shape index (κ2) is 4.66. The molecule has 0 aromatic carbocycles. The fourth-order valence-corrected chi connectivity index (χ4v) is 1.82. The van der Waals surface area contributed by atoms with Gasteiger partial charge in [0, 0.05) is 0 Å². The first-order valence-electron chi connectivity index (χ1n) is 5.53. The molecule has 1 aliphatic heterocycles. The topological polar surface area (TPSA) is 72.6 Å². The van der Waals surface area contributed by atoms with Gasteiger partial charge in [0.25, 0.3) is 0 Å². The lowest BCUT2D eigenvalue weighted by molar-refractivity contribution is -0.122. The Morgan fingerprint density at radius 2 is 2.00 bits per heavy atom. The van der Waals surface area contributed by atoms with Gasteiger partial charge in [-0.05, 0) is 33.6 Å². The number of hydrogen-bond donors (Lipinski definition) is 1. The number of terminal acetylenes is 1. The van der Waals surface area contributed by atoms with Crippen LogP contribution in [-0.4, -0.2) is 34.6 Å². The monoisotopic (exact) mass is 238 g/mol. The minimum Gasteiger partial charge on any atom is -0.444 e. The largest absolute Gasteiger partial charge is 0.444 e. The predicted octanol–water partition coefficient (Wildman–Crippen LogP) is 0.873. The third kappa shape index (κ3) is 3.13. The van der Waals surface area contributed by atoms with Crippen LogP contribution in [0.5, 0.6) is 0 Å². The van der Waals surface area contributed by atoms with Crippen molar-refractivity contribution in [3.05, 3.63) is 0 Å². The Kier molecular flexibility index (Phi) is 3.66. The Morgan fingerprint density at radius 1 is 1.41 bits per heavy atom. The molecule has 94 valence electrons. The van der Waals surface area contributed by atoms with Crippen LogP contribution >= 0.6 is 0 Å². The first-order chi connectivity index (χ1) is 7.76. The normalized spacial score (nSPS) is 24.2. The fourth-order valence-electron chi connectivity index (χ4n) is 1.82. The number of nitrogens with zero attached hydrogens (tertiary/aromatic N) is 1. The minimum atomic E-state index is -0.661. The molecule has 0 spiro atoms. The Bertz CT molecular complexity index is 365. The van der Waals surface area contributed by atoms with E-state index in [0.29, 0.717) is 12.8 Å². The second-order valence-corrected chi connectivity index (χ2v) is 5.07. The molecule has 0 bridgehead atoms. The van der Waals surface area contributed by atoms with Crippen molar-refractivity contribution in [2.45, 2.75) is 51.3 Å². The number of ether oxygens (including phenoxy) is 1. The van der Waals surface area contributed by atoms with Crippen molar-refractivity contribution in [2.24, 2.45) is 5.73 Å². The first kappa shape index (κ1) is 13.4. The summed E-state index contributed by atoms with van der Waals surface area (Å²) >= 11 is 0. The third-order valence-corrected chi connectivity index (χ3v) is 2.51. The highest BCUT2D eigenvalue weighted by Crippen LogP contribution is 2.25. The highest BCUT2D eigenvalue weighted by atomic mass is 16.6. The average molecular weight is 238 g/mol. The van der Waals surface area contributed by atoms with Crippen LogP contribution in [0.2, 0.25) is 0 Å². The van der Waals surface area contributed by atoms with Crippen LogP contribution in [0, 0.1) is 12.3 Å². The van der Waals surface area contributed by atoms with Crippen LogP contribution in [0.1, 0.15) is 33.6 Å². The summed E-state index contributed by atoms with van der Waals surface area (Å²) in [6.07, 6.45) is 5.82. The average Bonchev–Trinajstić information content (AvgIpc) is 2.57. The van der Waals surface area contributed by atoms with Gasteiger partial charge in [-0.15, -0.1) is 6.42 Å². The van der Waals surface area contributed by atoms with Crippen molar-refractivity contribution in [1.82, 2.24) is 4.90 Å². The van der Waals surface area contributed by atoms with E-state index in [0.717, 1.165) is 0 Å². The summed E-state index contributed by atoms with van der Waals surface area (Å²) in [6, 6.07) is -1.08. The molecule has 1 aliphatic rings. The first-order valence-corrected chi connectivity index (χ1v) is 5.53. The number of nitrogens with two attached hydrogens (primary N) is 1. The van der Waals surface area contributed by atoms with Gasteiger partial charge >= 0.3 is 6.09 Å². The molecule has 1 saturated heterocycles. The summed E-state index contributed by atoms with van der Waals surface area (Å²) in [7, 11) is 0. The molecule has 2 amide bonds. The molecule has 5 heteroatoms. The predicted molar refractivity (Wildman–Crippen MR) is 62.9 cm³/mol. The molecule has 0 aromatic rings. The lowest BCUT2D eigenvalue weighted by Gasteiger charge is -2.29. The van der Waals surface area contributed by atoms with Crippen molar-refractivity contribution in [3.63, 3.8) is 0 Å². The van der Waals surface area contributed by atoms with Crippen LogP contribution in [-0.2, 0) is 9.53 Å². The molecule has 1 rings (SSSR count). The smallest absolute Gasteiger partial charge is 0.411 e. The minimum absolute atomic E-state index is 0.414. The van der Waals surface area contributed by atoms with Crippen molar-refractivity contribution in [3.8, 4) is 12.3 Å². The zero-order valence-corrected chi connectivity index (χ0v) is 10.4. The Balaban J connectivity index is 2.86. The molecule has 1 heterocycles. The van der Waals surface area contributed by atoms with E-state index >= 15 is 0 Å². The van der Waals surface area contributed by atoms with Gasteiger partial charge in [0.2, 0.25) is 5.91 Å². The Morgan fingerprint density at radius 3 is 2.41 bits per heavy atom. The number of primary amides is 1. The Labute approximate surface area is 101 Å². The quantitative estimate of drug-likeness (QED) is 0.689. The van der Waals surface area contributed by atoms with Gasteiger partial charge in [0.1, 0.15) is 11.6 Å². The summed E-state index contributed by atoms with van der Waals surface area (Å²) in [4.78, 5) is 24.5. The summed E-state index contributed by atoms with van der Waals surface area (Å²) < 4.78 is 5.22. The highest BCUT2D eigenvalue weighted by Gasteiger charge is 2.41. The zero-order valence-electron chi connectivity index (χ0n) is 10.4. The summed E-state index contributed by atoms with van der Waals surface area (Å²) in [5.74, 6) is 1.94. The SMILES string of the molecule is C#CC1CCC(C(N)=O)N1C(=O)OC(C)(C)C. The summed E-state index contributed by atoms with van der Waals surface area (Å²) in [5, 5.41) is 0. The standard InChI is InChI=1S/C12H18N2O3/c1-5-8-6-7-9(10(13)15)14(8)11(16)17-12(2,3)4/h1,8-9H,6-7H2,2-4H3,(H2,13,15). The van der Waals surface area contributed by atoms with Gasteiger partial charge in [-0.1, -0.05) is 5.92 Å². The number of carbonyl (C=O) groups is 2. The van der Waals surface area contributed by atoms with Crippen LogP contribution in [0.3, 0.4) is 0 Å². The number of amides is 2. The van der Waals surface area contributed by atoms with E-state index in [1.807, 2.05) is 0 Å². The molecule has 2 atom stereocenters. The molecule has 0 radical (unpaired) electrons. The van der Waals surface area contributed by atoms with E-state index in [-0.39, 0.29) is 0 Å². The zero-order chi connectivity index (χ0) is 13.2. The van der Waals surface area contributed by atoms with Gasteiger partial charge in [0.15, 0.2) is 0 Å². The van der Waals surface area contributed by atoms with Crippen molar-refractivity contribution in [2.75, 3.05) is 0 Å². The van der Waals surface area contributed by atoms with Crippen molar-refractivity contribution < 1.29 is 14.3 Å². The molecular weight excluding hydrogens is 220 g/mol. The van der Waals surface area contributed by atoms with Crippen LogP contribution in [0.4, 0.5) is 4.79 Å². The molecule has 0 saturated carbocycles. The highest BCUT2D eigenvalue weighted by molar-refractivity contribution is 5.85. The summed E-state index contributed by atoms with van der Waals surface area (Å²) in [5.41, 5.74) is 4.63. The molecule has 2 N–H and O–H groups in total. The van der Waals surface area contributed by atoms with E-state index in [1.54, 1.807) is 20.8 Å². The van der Waals surface area contributed by atoms with Gasteiger partial charge < -0.3 is 10.5 Å². The maximum absolute atomic E-state index is 11.9. The van der Waals surface area contributed by atoms with Crippen molar-refractivity contribution in [1.29, 1.82) is 0 Å². The molecule has 1 fully saturated rings. The van der Waals surface area contributed by atoms with E-state index in [4.69, 9.17) is 16.9 Å². The van der Waals surface area contributed by atoms with Gasteiger partial charge in [0.05, 0.1) is 6.04 Å². The lowest BCUT2D eigenvalue weighted by atomic mass is 10.2. The van der Waals surface area contributed by atoms with E-state index in [1.165, 1.54) is 4.90 Å². The van der Waals surface area contributed by atoms with Gasteiger partial charge in [-0.25, -0.2) is 4.79 Å². The maximum Gasteiger partial charge on any atom is 0.411 e. The van der Waals surface area contributed by atoms with Gasteiger partial charge in [-0.3, -0.25) is 9.69 Å². The third-order valence-electron chi connectivity index (χ3n) is 2.51. The Hall–Kier alpha value is -1.70. The van der Waals surface area contributed by atoms with Gasteiger partial charge in [-0.2, -0.15) is 0 Å². The van der Waals surface area contributed by atoms with E-state index in [2.05, 4.69) is 5.92 Å². The molecule has 5 nitrogen and oxygen atoms in total. The molecular formula is C12H18N2O3. The molecule has 0 aliphatic carbocycles.